The zero-order chi connectivity index (χ0) is 10.8. The van der Waals surface area contributed by atoms with Crippen molar-refractivity contribution in [2.75, 3.05) is 13.1 Å². The van der Waals surface area contributed by atoms with Gasteiger partial charge in [-0.25, -0.2) is 0 Å². The first-order valence-corrected chi connectivity index (χ1v) is 6.51. The van der Waals surface area contributed by atoms with Crippen molar-refractivity contribution in [3.05, 3.63) is 30.1 Å². The smallest absolute Gasteiger partial charge is 0.0303 e. The molecule has 0 amide bonds. The summed E-state index contributed by atoms with van der Waals surface area (Å²) < 4.78 is 0. The van der Waals surface area contributed by atoms with Gasteiger partial charge in [-0.15, -0.1) is 0 Å². The van der Waals surface area contributed by atoms with Gasteiger partial charge in [0.1, 0.15) is 0 Å². The van der Waals surface area contributed by atoms with Crippen LogP contribution in [0.2, 0.25) is 0 Å². The van der Waals surface area contributed by atoms with Gasteiger partial charge in [0, 0.05) is 31.4 Å². The van der Waals surface area contributed by atoms with Crippen molar-refractivity contribution in [1.29, 1.82) is 0 Å². The average Bonchev–Trinajstić information content (AvgIpc) is 2.75. The first-order valence-electron chi connectivity index (χ1n) is 6.51. The Kier molecular flexibility index (Phi) is 2.68. The molecule has 16 heavy (non-hydrogen) atoms. The zero-order valence-corrected chi connectivity index (χ0v) is 9.78. The van der Waals surface area contributed by atoms with Crippen LogP contribution in [0.4, 0.5) is 0 Å². The molecule has 1 unspecified atom stereocenters. The van der Waals surface area contributed by atoms with E-state index in [-0.39, 0.29) is 0 Å². The first kappa shape index (κ1) is 10.3. The molecule has 1 saturated carbocycles. The molecule has 86 valence electrons. The van der Waals surface area contributed by atoms with Crippen molar-refractivity contribution in [3.63, 3.8) is 0 Å². The SMILES string of the molecule is c1cncc(C2CNCC23CCCCC3)c1. The lowest BCUT2D eigenvalue weighted by Gasteiger charge is -2.38. The molecule has 0 bridgehead atoms. The van der Waals surface area contributed by atoms with Crippen LogP contribution in [0.1, 0.15) is 43.6 Å². The van der Waals surface area contributed by atoms with Gasteiger partial charge in [-0.2, -0.15) is 0 Å². The Bertz CT molecular complexity index is 341. The quantitative estimate of drug-likeness (QED) is 0.780. The van der Waals surface area contributed by atoms with Crippen LogP contribution < -0.4 is 5.32 Å². The van der Waals surface area contributed by atoms with Crippen molar-refractivity contribution in [2.24, 2.45) is 5.41 Å². The third-order valence-electron chi connectivity index (χ3n) is 4.50. The van der Waals surface area contributed by atoms with Crippen molar-refractivity contribution in [3.8, 4) is 0 Å². The molecule has 1 aromatic rings. The van der Waals surface area contributed by atoms with Crippen LogP contribution in [0, 0.1) is 5.41 Å². The highest BCUT2D eigenvalue weighted by molar-refractivity contribution is 5.22. The molecule has 1 N–H and O–H groups in total. The number of pyridine rings is 1. The maximum atomic E-state index is 4.28. The summed E-state index contributed by atoms with van der Waals surface area (Å²) in [6.07, 6.45) is 11.0. The van der Waals surface area contributed by atoms with Crippen LogP contribution in [0.25, 0.3) is 0 Å². The summed E-state index contributed by atoms with van der Waals surface area (Å²) in [4.78, 5) is 4.28. The van der Waals surface area contributed by atoms with Crippen molar-refractivity contribution >= 4 is 0 Å². The largest absolute Gasteiger partial charge is 0.316 e. The first-order chi connectivity index (χ1) is 7.91. The van der Waals surface area contributed by atoms with E-state index in [1.165, 1.54) is 44.2 Å². The Morgan fingerprint density at radius 2 is 2.12 bits per heavy atom. The number of nitrogens with one attached hydrogen (secondary N) is 1. The van der Waals surface area contributed by atoms with Crippen molar-refractivity contribution in [2.45, 2.75) is 38.0 Å². The number of aromatic nitrogens is 1. The fourth-order valence-electron chi connectivity index (χ4n) is 3.64. The molecule has 1 aliphatic carbocycles. The summed E-state index contributed by atoms with van der Waals surface area (Å²) in [5, 5.41) is 3.60. The Morgan fingerprint density at radius 1 is 1.25 bits per heavy atom. The van der Waals surface area contributed by atoms with E-state index in [9.17, 15) is 0 Å². The van der Waals surface area contributed by atoms with E-state index in [0.29, 0.717) is 11.3 Å². The van der Waals surface area contributed by atoms with Gasteiger partial charge < -0.3 is 5.32 Å². The highest BCUT2D eigenvalue weighted by Crippen LogP contribution is 2.49. The molecule has 2 nitrogen and oxygen atoms in total. The van der Waals surface area contributed by atoms with Crippen molar-refractivity contribution in [1.82, 2.24) is 10.3 Å². The van der Waals surface area contributed by atoms with Gasteiger partial charge in [0.15, 0.2) is 0 Å². The summed E-state index contributed by atoms with van der Waals surface area (Å²) in [6.45, 7) is 2.36. The fourth-order valence-corrected chi connectivity index (χ4v) is 3.64. The third kappa shape index (κ3) is 1.65. The highest BCUT2D eigenvalue weighted by Gasteiger charge is 2.43. The lowest BCUT2D eigenvalue weighted by molar-refractivity contribution is 0.189. The van der Waals surface area contributed by atoms with Crippen LogP contribution in [0.3, 0.4) is 0 Å². The van der Waals surface area contributed by atoms with Crippen LogP contribution in [0.15, 0.2) is 24.5 Å². The van der Waals surface area contributed by atoms with E-state index >= 15 is 0 Å². The molecule has 0 aromatic carbocycles. The Balaban J connectivity index is 1.89. The lowest BCUT2D eigenvalue weighted by Crippen LogP contribution is -2.31. The van der Waals surface area contributed by atoms with Crippen LogP contribution >= 0.6 is 0 Å². The molecule has 1 atom stereocenters. The molecule has 2 heteroatoms. The number of rotatable bonds is 1. The molecule has 1 spiro atoms. The second-order valence-electron chi connectivity index (χ2n) is 5.39. The standard InChI is InChI=1S/C14H20N2/c1-2-6-14(7-3-1)11-16-10-13(14)12-5-4-8-15-9-12/h4-5,8-9,13,16H,1-3,6-7,10-11H2. The maximum absolute atomic E-state index is 4.28. The minimum Gasteiger partial charge on any atom is -0.316 e. The second kappa shape index (κ2) is 4.17. The molecular formula is C14H20N2. The van der Waals surface area contributed by atoms with E-state index in [2.05, 4.69) is 28.6 Å². The predicted octanol–water partition coefficient (Wildman–Crippen LogP) is 2.72. The Morgan fingerprint density at radius 3 is 2.88 bits per heavy atom. The van der Waals surface area contributed by atoms with Crippen LogP contribution in [-0.2, 0) is 0 Å². The lowest BCUT2D eigenvalue weighted by atomic mass is 9.66. The van der Waals surface area contributed by atoms with Gasteiger partial charge >= 0.3 is 0 Å². The molecule has 1 aromatic heterocycles. The molecule has 2 heterocycles. The summed E-state index contributed by atoms with van der Waals surface area (Å²) in [5.74, 6) is 0.696. The molecular weight excluding hydrogens is 196 g/mol. The molecule has 1 aliphatic heterocycles. The third-order valence-corrected chi connectivity index (χ3v) is 4.50. The van der Waals surface area contributed by atoms with Gasteiger partial charge in [0.2, 0.25) is 0 Å². The van der Waals surface area contributed by atoms with Crippen LogP contribution in [-0.4, -0.2) is 18.1 Å². The minimum atomic E-state index is 0.543. The zero-order valence-electron chi connectivity index (χ0n) is 9.78. The average molecular weight is 216 g/mol. The number of hydrogen-bond acceptors (Lipinski definition) is 2. The van der Waals surface area contributed by atoms with Gasteiger partial charge in [0.05, 0.1) is 0 Å². The summed E-state index contributed by atoms with van der Waals surface area (Å²) >= 11 is 0. The monoisotopic (exact) mass is 216 g/mol. The molecule has 1 saturated heterocycles. The Labute approximate surface area is 97.5 Å². The normalized spacial score (nSPS) is 28.4. The van der Waals surface area contributed by atoms with E-state index < -0.39 is 0 Å². The van der Waals surface area contributed by atoms with Crippen molar-refractivity contribution < 1.29 is 0 Å². The van der Waals surface area contributed by atoms with Gasteiger partial charge in [-0.05, 0) is 29.9 Å². The van der Waals surface area contributed by atoms with E-state index in [1.54, 1.807) is 0 Å². The summed E-state index contributed by atoms with van der Waals surface area (Å²) in [5.41, 5.74) is 1.98. The summed E-state index contributed by atoms with van der Waals surface area (Å²) in [7, 11) is 0. The summed E-state index contributed by atoms with van der Waals surface area (Å²) in [6, 6.07) is 4.32. The topological polar surface area (TPSA) is 24.9 Å². The Hall–Kier alpha value is -0.890. The van der Waals surface area contributed by atoms with Gasteiger partial charge in [0.25, 0.3) is 0 Å². The number of hydrogen-bond donors (Lipinski definition) is 1. The fraction of sp³-hybridized carbons (Fsp3) is 0.643. The predicted molar refractivity (Wildman–Crippen MR) is 65.4 cm³/mol. The minimum absolute atomic E-state index is 0.543. The number of nitrogens with zero attached hydrogens (tertiary/aromatic N) is 1. The van der Waals surface area contributed by atoms with Gasteiger partial charge in [-0.3, -0.25) is 4.98 Å². The van der Waals surface area contributed by atoms with E-state index in [0.717, 1.165) is 6.54 Å². The highest BCUT2D eigenvalue weighted by atomic mass is 14.9. The molecule has 3 rings (SSSR count). The molecule has 2 fully saturated rings. The molecule has 2 aliphatic rings. The molecule has 0 radical (unpaired) electrons. The van der Waals surface area contributed by atoms with Crippen LogP contribution in [0.5, 0.6) is 0 Å². The second-order valence-corrected chi connectivity index (χ2v) is 5.39. The van der Waals surface area contributed by atoms with E-state index in [4.69, 9.17) is 0 Å². The van der Waals surface area contributed by atoms with Gasteiger partial charge in [-0.1, -0.05) is 25.3 Å². The van der Waals surface area contributed by atoms with E-state index in [1.807, 2.05) is 6.20 Å². The maximum Gasteiger partial charge on any atom is 0.0303 e.